The van der Waals surface area contributed by atoms with Gasteiger partial charge in [0.1, 0.15) is 0 Å². The van der Waals surface area contributed by atoms with Gasteiger partial charge in [0.15, 0.2) is 10.9 Å². The van der Waals surface area contributed by atoms with Crippen molar-refractivity contribution in [1.82, 2.24) is 0 Å². The van der Waals surface area contributed by atoms with Crippen LogP contribution in [0.15, 0.2) is 40.1 Å². The molecular formula is C17H26N2O6P2. The molecule has 0 unspecified atom stereocenters. The van der Waals surface area contributed by atoms with Crippen LogP contribution in [0.2, 0.25) is 0 Å². The zero-order valence-electron chi connectivity index (χ0n) is 16.0. The molecule has 1 N–H and O–H groups in total. The highest BCUT2D eigenvalue weighted by molar-refractivity contribution is 7.63. The molecule has 0 spiro atoms. The minimum Gasteiger partial charge on any atom is -0.346 e. The molecule has 1 aromatic rings. The molecule has 0 saturated carbocycles. The molecule has 0 fully saturated rings. The molecule has 0 aromatic heterocycles. The zero-order valence-corrected chi connectivity index (χ0v) is 17.8. The van der Waals surface area contributed by atoms with Gasteiger partial charge in [0.25, 0.3) is 0 Å². The van der Waals surface area contributed by atoms with Crippen LogP contribution in [0.25, 0.3) is 0 Å². The van der Waals surface area contributed by atoms with E-state index in [1.807, 2.05) is 18.2 Å². The summed E-state index contributed by atoms with van der Waals surface area (Å²) in [6, 6.07) is 7.27. The Bertz CT molecular complexity index is 788. The van der Waals surface area contributed by atoms with Crippen molar-refractivity contribution in [1.29, 1.82) is 0 Å². The van der Waals surface area contributed by atoms with Crippen LogP contribution in [0, 0.1) is 0 Å². The number of nitrogens with one attached hydrogen (secondary N) is 1. The second-order valence-corrected chi connectivity index (χ2v) is 9.20. The molecule has 27 heavy (non-hydrogen) atoms. The molecule has 0 saturated heterocycles. The van der Waals surface area contributed by atoms with Crippen molar-refractivity contribution >= 4 is 27.1 Å². The van der Waals surface area contributed by atoms with Gasteiger partial charge in [-0.3, -0.25) is 9.13 Å². The highest BCUT2D eigenvalue weighted by Crippen LogP contribution is 2.66. The van der Waals surface area contributed by atoms with Crippen molar-refractivity contribution in [3.05, 3.63) is 40.7 Å². The van der Waals surface area contributed by atoms with E-state index in [9.17, 15) is 9.13 Å². The van der Waals surface area contributed by atoms with Crippen LogP contribution in [0.5, 0.6) is 0 Å². The number of benzene rings is 1. The Morgan fingerprint density at radius 2 is 1.37 bits per heavy atom. The highest BCUT2D eigenvalue weighted by atomic mass is 31.2. The third-order valence-electron chi connectivity index (χ3n) is 3.48. The topological polar surface area (TPSA) is 95.5 Å². The van der Waals surface area contributed by atoms with E-state index in [1.54, 1.807) is 33.8 Å². The maximum atomic E-state index is 13.5. The maximum absolute atomic E-state index is 13.5. The van der Waals surface area contributed by atoms with Gasteiger partial charge in [-0.05, 0) is 33.8 Å². The lowest BCUT2D eigenvalue weighted by Crippen LogP contribution is -2.10. The second-order valence-electron chi connectivity index (χ2n) is 5.31. The molecule has 0 atom stereocenters. The Morgan fingerprint density at radius 1 is 0.852 bits per heavy atom. The SMILES string of the molecule is CCOP(=O)(OCC)C1=C(P(=O)(OCC)OCC)Nc2ccccc2C=N1. The predicted octanol–water partition coefficient (Wildman–Crippen LogP) is 5.19. The fourth-order valence-electron chi connectivity index (χ4n) is 2.50. The smallest absolute Gasteiger partial charge is 0.346 e. The summed E-state index contributed by atoms with van der Waals surface area (Å²) in [6.07, 6.45) is 1.53. The fraction of sp³-hybridized carbons (Fsp3) is 0.471. The number of fused-ring (bicyclic) bond motifs is 1. The van der Waals surface area contributed by atoms with E-state index >= 15 is 0 Å². The van der Waals surface area contributed by atoms with E-state index in [0.717, 1.165) is 5.56 Å². The van der Waals surface area contributed by atoms with Gasteiger partial charge in [0.2, 0.25) is 0 Å². The summed E-state index contributed by atoms with van der Waals surface area (Å²) in [5, 5.41) is 3.05. The van der Waals surface area contributed by atoms with Gasteiger partial charge < -0.3 is 23.4 Å². The number of aliphatic imine (C=N–C) groups is 1. The molecule has 8 nitrogen and oxygen atoms in total. The summed E-state index contributed by atoms with van der Waals surface area (Å²) in [6.45, 7) is 7.31. The minimum absolute atomic E-state index is 0.0300. The van der Waals surface area contributed by atoms with Crippen LogP contribution in [0.3, 0.4) is 0 Å². The lowest BCUT2D eigenvalue weighted by molar-refractivity contribution is 0.221. The maximum Gasteiger partial charge on any atom is 0.382 e. The van der Waals surface area contributed by atoms with Gasteiger partial charge in [0, 0.05) is 17.5 Å². The van der Waals surface area contributed by atoms with E-state index in [4.69, 9.17) is 18.1 Å². The van der Waals surface area contributed by atoms with Crippen LogP contribution in [0.4, 0.5) is 5.69 Å². The van der Waals surface area contributed by atoms with Gasteiger partial charge in [-0.15, -0.1) is 0 Å². The normalized spacial score (nSPS) is 14.7. The first-order chi connectivity index (χ1) is 12.9. The molecule has 150 valence electrons. The average molecular weight is 416 g/mol. The summed E-state index contributed by atoms with van der Waals surface area (Å²) in [7, 11) is -7.72. The zero-order chi connectivity index (χ0) is 19.9. The predicted molar refractivity (Wildman–Crippen MR) is 106 cm³/mol. The van der Waals surface area contributed by atoms with Crippen LogP contribution < -0.4 is 5.32 Å². The number of rotatable bonds is 10. The molecule has 1 aliphatic rings. The Kier molecular flexibility index (Phi) is 7.98. The Balaban J connectivity index is 2.73. The first-order valence-corrected chi connectivity index (χ1v) is 12.0. The molecule has 1 aliphatic heterocycles. The van der Waals surface area contributed by atoms with Gasteiger partial charge >= 0.3 is 15.2 Å². The summed E-state index contributed by atoms with van der Waals surface area (Å²) in [4.78, 5) is 4.33. The van der Waals surface area contributed by atoms with Crippen LogP contribution >= 0.6 is 15.2 Å². The van der Waals surface area contributed by atoms with Crippen molar-refractivity contribution in [2.45, 2.75) is 27.7 Å². The van der Waals surface area contributed by atoms with E-state index < -0.39 is 15.2 Å². The molecule has 1 heterocycles. The first-order valence-electron chi connectivity index (χ1n) is 8.87. The number of nitrogens with zero attached hydrogens (tertiary/aromatic N) is 1. The van der Waals surface area contributed by atoms with Gasteiger partial charge in [-0.2, -0.15) is 0 Å². The fourth-order valence-corrected chi connectivity index (χ4v) is 6.32. The molecule has 0 aliphatic carbocycles. The van der Waals surface area contributed by atoms with Gasteiger partial charge in [0.05, 0.1) is 26.4 Å². The molecule has 0 radical (unpaired) electrons. The quantitative estimate of drug-likeness (QED) is 0.525. The van der Waals surface area contributed by atoms with E-state index in [1.165, 1.54) is 6.21 Å². The summed E-state index contributed by atoms with van der Waals surface area (Å²) >= 11 is 0. The molecular weight excluding hydrogens is 390 g/mol. The second kappa shape index (κ2) is 9.78. The Labute approximate surface area is 160 Å². The van der Waals surface area contributed by atoms with Crippen molar-refractivity contribution in [3.8, 4) is 0 Å². The van der Waals surface area contributed by atoms with E-state index in [0.29, 0.717) is 5.69 Å². The third kappa shape index (κ3) is 4.96. The molecule has 1 aromatic carbocycles. The van der Waals surface area contributed by atoms with Crippen molar-refractivity contribution in [2.75, 3.05) is 31.7 Å². The number of anilines is 1. The number of hydrogen-bond donors (Lipinski definition) is 1. The molecule has 2 rings (SSSR count). The van der Waals surface area contributed by atoms with Crippen LogP contribution in [0.1, 0.15) is 33.3 Å². The largest absolute Gasteiger partial charge is 0.382 e. The highest BCUT2D eigenvalue weighted by Gasteiger charge is 2.42. The van der Waals surface area contributed by atoms with Gasteiger partial charge in [-0.1, -0.05) is 18.2 Å². The Morgan fingerprint density at radius 3 is 1.93 bits per heavy atom. The van der Waals surface area contributed by atoms with E-state index in [-0.39, 0.29) is 37.3 Å². The lowest BCUT2D eigenvalue weighted by Gasteiger charge is -2.25. The molecule has 0 amide bonds. The average Bonchev–Trinajstić information content (AvgIpc) is 2.83. The van der Waals surface area contributed by atoms with E-state index in [2.05, 4.69) is 10.3 Å². The lowest BCUT2D eigenvalue weighted by atomic mass is 10.2. The minimum atomic E-state index is -3.86. The number of hydrogen-bond acceptors (Lipinski definition) is 8. The first kappa shape index (κ1) is 22.0. The standard InChI is InChI=1S/C17H26N2O6P2/c1-5-22-26(20,23-6-2)16-17(27(21,24-7-3)25-8-4)19-15-12-10-9-11-14(15)13-18-16/h9-13,19H,5-8H2,1-4H3. The third-order valence-corrected chi connectivity index (χ3v) is 7.78. The van der Waals surface area contributed by atoms with Crippen LogP contribution in [-0.2, 0) is 27.2 Å². The van der Waals surface area contributed by atoms with Crippen molar-refractivity contribution in [2.24, 2.45) is 4.99 Å². The Hall–Kier alpha value is -1.27. The summed E-state index contributed by atoms with van der Waals surface area (Å²) < 4.78 is 48.8. The molecule has 0 bridgehead atoms. The molecule has 10 heteroatoms. The number of para-hydroxylation sites is 1. The van der Waals surface area contributed by atoms with Crippen LogP contribution in [-0.4, -0.2) is 32.6 Å². The van der Waals surface area contributed by atoms with Crippen molar-refractivity contribution in [3.63, 3.8) is 0 Å². The van der Waals surface area contributed by atoms with Gasteiger partial charge in [-0.25, -0.2) is 4.99 Å². The summed E-state index contributed by atoms with van der Waals surface area (Å²) in [5.74, 6) is 0. The summed E-state index contributed by atoms with van der Waals surface area (Å²) in [5.41, 5.74) is 1.22. The van der Waals surface area contributed by atoms with Crippen molar-refractivity contribution < 1.29 is 27.2 Å². The monoisotopic (exact) mass is 416 g/mol.